The van der Waals surface area contributed by atoms with Crippen LogP contribution in [0.15, 0.2) is 35.1 Å². The van der Waals surface area contributed by atoms with Crippen LogP contribution in [0.3, 0.4) is 0 Å². The number of carbonyl (C=O) groups is 1. The standard InChI is InChI=1S/C14H13ClFN3O2/c1-8(2)19-13(20)6-5-12(18-19)14(21)17-9-3-4-11(16)10(15)7-9/h3-8H,1-2H3,(H,17,21). The van der Waals surface area contributed by atoms with Crippen molar-refractivity contribution in [3.05, 3.63) is 57.2 Å². The minimum atomic E-state index is -0.568. The second-order valence-electron chi connectivity index (χ2n) is 4.68. The fraction of sp³-hybridized carbons (Fsp3) is 0.214. The normalized spacial score (nSPS) is 10.7. The Morgan fingerprint density at radius 3 is 2.67 bits per heavy atom. The van der Waals surface area contributed by atoms with Crippen LogP contribution in [0.1, 0.15) is 30.4 Å². The van der Waals surface area contributed by atoms with E-state index in [2.05, 4.69) is 10.4 Å². The summed E-state index contributed by atoms with van der Waals surface area (Å²) in [5, 5.41) is 6.45. The molecule has 1 aromatic heterocycles. The topological polar surface area (TPSA) is 64.0 Å². The highest BCUT2D eigenvalue weighted by Gasteiger charge is 2.12. The lowest BCUT2D eigenvalue weighted by Crippen LogP contribution is -2.27. The van der Waals surface area contributed by atoms with Crippen molar-refractivity contribution in [3.8, 4) is 0 Å². The third kappa shape index (κ3) is 3.46. The Labute approximate surface area is 125 Å². The van der Waals surface area contributed by atoms with Gasteiger partial charge in [0.25, 0.3) is 11.5 Å². The first-order valence-electron chi connectivity index (χ1n) is 6.25. The Bertz CT molecular complexity index is 743. The van der Waals surface area contributed by atoms with Gasteiger partial charge in [0.2, 0.25) is 0 Å². The van der Waals surface area contributed by atoms with Gasteiger partial charge in [-0.25, -0.2) is 9.07 Å². The van der Waals surface area contributed by atoms with Gasteiger partial charge in [0.1, 0.15) is 11.5 Å². The highest BCUT2D eigenvalue weighted by Crippen LogP contribution is 2.19. The van der Waals surface area contributed by atoms with Crippen molar-refractivity contribution in [3.63, 3.8) is 0 Å². The van der Waals surface area contributed by atoms with E-state index >= 15 is 0 Å². The van der Waals surface area contributed by atoms with E-state index in [1.165, 1.54) is 28.9 Å². The molecular weight excluding hydrogens is 297 g/mol. The highest BCUT2D eigenvalue weighted by atomic mass is 35.5. The molecule has 2 aromatic rings. The number of nitrogens with one attached hydrogen (secondary N) is 1. The van der Waals surface area contributed by atoms with E-state index in [1.54, 1.807) is 13.8 Å². The molecule has 5 nitrogen and oxygen atoms in total. The lowest BCUT2D eigenvalue weighted by molar-refractivity contribution is 0.101. The first-order chi connectivity index (χ1) is 9.88. The molecule has 0 aliphatic carbocycles. The summed E-state index contributed by atoms with van der Waals surface area (Å²) in [5.74, 6) is -1.08. The van der Waals surface area contributed by atoms with Crippen molar-refractivity contribution < 1.29 is 9.18 Å². The molecule has 0 aliphatic rings. The minimum absolute atomic E-state index is 0.0868. The highest BCUT2D eigenvalue weighted by molar-refractivity contribution is 6.31. The number of rotatable bonds is 3. The number of nitrogens with zero attached hydrogens (tertiary/aromatic N) is 2. The summed E-state index contributed by atoms with van der Waals surface area (Å²) in [6.45, 7) is 3.58. The third-order valence-corrected chi connectivity index (χ3v) is 3.01. The fourth-order valence-corrected chi connectivity index (χ4v) is 1.87. The lowest BCUT2D eigenvalue weighted by Gasteiger charge is -2.10. The Hall–Kier alpha value is -2.21. The van der Waals surface area contributed by atoms with Gasteiger partial charge < -0.3 is 5.32 Å². The molecule has 0 saturated carbocycles. The third-order valence-electron chi connectivity index (χ3n) is 2.72. The van der Waals surface area contributed by atoms with Gasteiger partial charge >= 0.3 is 0 Å². The van der Waals surface area contributed by atoms with Crippen LogP contribution in [0, 0.1) is 5.82 Å². The van der Waals surface area contributed by atoms with Crippen LogP contribution in [-0.2, 0) is 0 Å². The maximum atomic E-state index is 13.1. The van der Waals surface area contributed by atoms with Crippen molar-refractivity contribution in [2.45, 2.75) is 19.9 Å². The Morgan fingerprint density at radius 1 is 1.33 bits per heavy atom. The van der Waals surface area contributed by atoms with Crippen LogP contribution in [0.5, 0.6) is 0 Å². The van der Waals surface area contributed by atoms with Gasteiger partial charge in [-0.1, -0.05) is 11.6 Å². The monoisotopic (exact) mass is 309 g/mol. The van der Waals surface area contributed by atoms with Crippen LogP contribution in [0.25, 0.3) is 0 Å². The summed E-state index contributed by atoms with van der Waals surface area (Å²) >= 11 is 5.64. The Kier molecular flexibility index (Phi) is 4.37. The SMILES string of the molecule is CC(C)n1nc(C(=O)Nc2ccc(F)c(Cl)c2)ccc1=O. The van der Waals surface area contributed by atoms with Crippen molar-refractivity contribution in [2.24, 2.45) is 0 Å². The first-order valence-corrected chi connectivity index (χ1v) is 6.62. The Balaban J connectivity index is 2.26. The molecule has 0 bridgehead atoms. The molecule has 0 spiro atoms. The smallest absolute Gasteiger partial charge is 0.276 e. The molecule has 1 heterocycles. The molecule has 0 atom stereocenters. The summed E-state index contributed by atoms with van der Waals surface area (Å²) in [6.07, 6.45) is 0. The maximum Gasteiger partial charge on any atom is 0.276 e. The maximum absolute atomic E-state index is 13.1. The van der Waals surface area contributed by atoms with Crippen LogP contribution in [0.2, 0.25) is 5.02 Å². The molecule has 1 N–H and O–H groups in total. The molecule has 1 aromatic carbocycles. The number of benzene rings is 1. The molecule has 21 heavy (non-hydrogen) atoms. The number of aromatic nitrogens is 2. The predicted molar refractivity (Wildman–Crippen MR) is 78.2 cm³/mol. The van der Waals surface area contributed by atoms with Gasteiger partial charge in [-0.2, -0.15) is 5.10 Å². The van der Waals surface area contributed by atoms with Crippen molar-refractivity contribution in [2.75, 3.05) is 5.32 Å². The van der Waals surface area contributed by atoms with Crippen LogP contribution in [0.4, 0.5) is 10.1 Å². The summed E-state index contributed by atoms with van der Waals surface area (Å²) in [6, 6.07) is 6.29. The summed E-state index contributed by atoms with van der Waals surface area (Å²) in [5.41, 5.74) is 0.144. The molecule has 0 saturated heterocycles. The van der Waals surface area contributed by atoms with Crippen LogP contribution in [-0.4, -0.2) is 15.7 Å². The number of hydrogen-bond donors (Lipinski definition) is 1. The molecule has 0 radical (unpaired) electrons. The van der Waals surface area contributed by atoms with Gasteiger partial charge in [-0.05, 0) is 38.1 Å². The van der Waals surface area contributed by atoms with Crippen molar-refractivity contribution in [1.29, 1.82) is 0 Å². The van der Waals surface area contributed by atoms with E-state index in [1.807, 2.05) is 0 Å². The van der Waals surface area contributed by atoms with E-state index < -0.39 is 11.7 Å². The average molecular weight is 310 g/mol. The van der Waals surface area contributed by atoms with E-state index in [9.17, 15) is 14.0 Å². The molecule has 0 fully saturated rings. The zero-order valence-corrected chi connectivity index (χ0v) is 12.2. The molecule has 1 amide bonds. The summed E-state index contributed by atoms with van der Waals surface area (Å²) < 4.78 is 14.3. The average Bonchev–Trinajstić information content (AvgIpc) is 2.43. The van der Waals surface area contributed by atoms with Crippen molar-refractivity contribution >= 4 is 23.2 Å². The Morgan fingerprint density at radius 2 is 2.05 bits per heavy atom. The van der Waals surface area contributed by atoms with E-state index in [-0.39, 0.29) is 22.3 Å². The second kappa shape index (κ2) is 6.05. The van der Waals surface area contributed by atoms with Crippen LogP contribution >= 0.6 is 11.6 Å². The quantitative estimate of drug-likeness (QED) is 0.948. The van der Waals surface area contributed by atoms with Gasteiger partial charge in [-0.3, -0.25) is 9.59 Å². The number of hydrogen-bond acceptors (Lipinski definition) is 3. The predicted octanol–water partition coefficient (Wildman–Crippen LogP) is 2.87. The number of carbonyl (C=O) groups excluding carboxylic acids is 1. The zero-order chi connectivity index (χ0) is 15.6. The van der Waals surface area contributed by atoms with Gasteiger partial charge in [0.05, 0.1) is 11.1 Å². The largest absolute Gasteiger partial charge is 0.321 e. The molecular formula is C14H13ClFN3O2. The molecule has 0 unspecified atom stereocenters. The van der Waals surface area contributed by atoms with Crippen LogP contribution < -0.4 is 10.9 Å². The molecule has 2 rings (SSSR count). The van der Waals surface area contributed by atoms with Gasteiger partial charge in [-0.15, -0.1) is 0 Å². The number of amides is 1. The van der Waals surface area contributed by atoms with E-state index in [0.29, 0.717) is 5.69 Å². The van der Waals surface area contributed by atoms with E-state index in [0.717, 1.165) is 6.07 Å². The molecule has 0 aliphatic heterocycles. The number of halogens is 2. The molecule has 110 valence electrons. The van der Waals surface area contributed by atoms with Crippen molar-refractivity contribution in [1.82, 2.24) is 9.78 Å². The molecule has 7 heteroatoms. The fourth-order valence-electron chi connectivity index (χ4n) is 1.69. The minimum Gasteiger partial charge on any atom is -0.321 e. The summed E-state index contributed by atoms with van der Waals surface area (Å²) in [7, 11) is 0. The zero-order valence-electron chi connectivity index (χ0n) is 11.4. The van der Waals surface area contributed by atoms with Gasteiger partial charge in [0.15, 0.2) is 0 Å². The number of anilines is 1. The van der Waals surface area contributed by atoms with E-state index in [4.69, 9.17) is 11.6 Å². The van der Waals surface area contributed by atoms with Gasteiger partial charge in [0, 0.05) is 11.8 Å². The lowest BCUT2D eigenvalue weighted by atomic mass is 10.3. The summed E-state index contributed by atoms with van der Waals surface area (Å²) in [4.78, 5) is 23.7. The first kappa shape index (κ1) is 15.2. The second-order valence-corrected chi connectivity index (χ2v) is 5.09.